The van der Waals surface area contributed by atoms with Gasteiger partial charge in [0.25, 0.3) is 0 Å². The van der Waals surface area contributed by atoms with E-state index in [4.69, 9.17) is 4.74 Å². The van der Waals surface area contributed by atoms with E-state index in [9.17, 15) is 9.59 Å². The Morgan fingerprint density at radius 3 is 2.42 bits per heavy atom. The molecule has 0 aromatic carbocycles. The van der Waals surface area contributed by atoms with Crippen molar-refractivity contribution in [2.24, 2.45) is 11.3 Å². The van der Waals surface area contributed by atoms with Crippen molar-refractivity contribution < 1.29 is 14.3 Å². The largest absolute Gasteiger partial charge is 0.444 e. The van der Waals surface area contributed by atoms with E-state index in [-0.39, 0.29) is 23.5 Å². The third-order valence-corrected chi connectivity index (χ3v) is 4.97. The minimum absolute atomic E-state index is 0.120. The smallest absolute Gasteiger partial charge is 0.415 e. The molecule has 26 heavy (non-hydrogen) atoms. The van der Waals surface area contributed by atoms with Crippen molar-refractivity contribution >= 4 is 17.8 Å². The molecule has 2 aliphatic rings. The monoisotopic (exact) mass is 360 g/mol. The maximum Gasteiger partial charge on any atom is 0.415 e. The van der Waals surface area contributed by atoms with E-state index in [0.717, 1.165) is 38.0 Å². The topological polar surface area (TPSA) is 75.6 Å². The third kappa shape index (κ3) is 4.14. The van der Waals surface area contributed by atoms with Crippen molar-refractivity contribution in [2.45, 2.75) is 53.1 Å². The first-order valence-corrected chi connectivity index (χ1v) is 9.32. The lowest BCUT2D eigenvalue weighted by Crippen LogP contribution is -2.44. The lowest BCUT2D eigenvalue weighted by Gasteiger charge is -2.35. The third-order valence-electron chi connectivity index (χ3n) is 4.97. The summed E-state index contributed by atoms with van der Waals surface area (Å²) in [5, 5.41) is 0. The highest BCUT2D eigenvalue weighted by Crippen LogP contribution is 2.26. The number of carbonyl (C=O) groups excluding carboxylic acids is 2. The second-order valence-electron chi connectivity index (χ2n) is 8.36. The van der Waals surface area contributed by atoms with E-state index in [0.29, 0.717) is 18.3 Å². The number of anilines is 1. The van der Waals surface area contributed by atoms with Crippen LogP contribution in [-0.4, -0.2) is 52.6 Å². The lowest BCUT2D eigenvalue weighted by molar-refractivity contribution is -0.140. The Morgan fingerprint density at radius 2 is 1.92 bits per heavy atom. The number of likely N-dealkylation sites (tertiary alicyclic amines) is 1. The highest BCUT2D eigenvalue weighted by atomic mass is 16.6. The van der Waals surface area contributed by atoms with Gasteiger partial charge in [0.15, 0.2) is 5.82 Å². The van der Waals surface area contributed by atoms with Gasteiger partial charge in [0, 0.05) is 18.5 Å². The molecule has 3 heterocycles. The molecule has 1 atom stereocenters. The van der Waals surface area contributed by atoms with Crippen molar-refractivity contribution in [3.8, 4) is 0 Å². The summed E-state index contributed by atoms with van der Waals surface area (Å²) in [7, 11) is 0. The summed E-state index contributed by atoms with van der Waals surface area (Å²) in [6.45, 7) is 9.89. The number of piperidine rings is 1. The number of carbonyl (C=O) groups is 2. The molecule has 0 aliphatic carbocycles. The number of hydrogen-bond acceptors (Lipinski definition) is 5. The number of amides is 2. The van der Waals surface area contributed by atoms with Gasteiger partial charge in [-0.1, -0.05) is 20.8 Å². The van der Waals surface area contributed by atoms with Gasteiger partial charge < -0.3 is 9.64 Å². The zero-order valence-electron chi connectivity index (χ0n) is 16.1. The molecule has 7 heteroatoms. The van der Waals surface area contributed by atoms with Gasteiger partial charge in [-0.05, 0) is 32.1 Å². The Morgan fingerprint density at radius 1 is 1.23 bits per heavy atom. The Bertz CT molecular complexity index is 660. The van der Waals surface area contributed by atoms with E-state index in [1.165, 1.54) is 4.90 Å². The summed E-state index contributed by atoms with van der Waals surface area (Å²) in [5.74, 6) is 1.27. The molecule has 0 N–H and O–H groups in total. The molecule has 2 aliphatic heterocycles. The number of ether oxygens (including phenoxy) is 1. The van der Waals surface area contributed by atoms with Crippen LogP contribution in [0.3, 0.4) is 0 Å². The molecule has 2 amide bonds. The van der Waals surface area contributed by atoms with Crippen LogP contribution in [0.1, 0.15) is 46.2 Å². The van der Waals surface area contributed by atoms with Gasteiger partial charge >= 0.3 is 6.09 Å². The van der Waals surface area contributed by atoms with Gasteiger partial charge in [0.2, 0.25) is 5.91 Å². The fourth-order valence-electron chi connectivity index (χ4n) is 3.49. The zero-order chi connectivity index (χ0) is 18.9. The first-order valence-electron chi connectivity index (χ1n) is 9.32. The Kier molecular flexibility index (Phi) is 5.16. The van der Waals surface area contributed by atoms with Gasteiger partial charge in [-0.15, -0.1) is 0 Å². The average molecular weight is 360 g/mol. The molecule has 0 unspecified atom stereocenters. The fraction of sp³-hybridized carbons (Fsp3) is 0.684. The minimum Gasteiger partial charge on any atom is -0.444 e. The fourth-order valence-corrected chi connectivity index (χ4v) is 3.49. The maximum atomic E-state index is 12.4. The van der Waals surface area contributed by atoms with Crippen LogP contribution in [-0.2, 0) is 16.0 Å². The van der Waals surface area contributed by atoms with Crippen LogP contribution >= 0.6 is 0 Å². The van der Waals surface area contributed by atoms with Crippen molar-refractivity contribution in [3.63, 3.8) is 0 Å². The van der Waals surface area contributed by atoms with E-state index in [2.05, 4.69) is 9.97 Å². The molecule has 0 bridgehead atoms. The maximum absolute atomic E-state index is 12.4. The second kappa shape index (κ2) is 7.21. The Hall–Kier alpha value is -2.18. The van der Waals surface area contributed by atoms with E-state index < -0.39 is 0 Å². The number of aromatic nitrogens is 2. The number of hydrogen-bond donors (Lipinski definition) is 0. The molecule has 7 nitrogen and oxygen atoms in total. The molecule has 3 rings (SSSR count). The summed E-state index contributed by atoms with van der Waals surface area (Å²) in [6.07, 6.45) is 5.74. The van der Waals surface area contributed by atoms with Gasteiger partial charge in [0.1, 0.15) is 6.10 Å². The Labute approximate surface area is 154 Å². The first kappa shape index (κ1) is 18.6. The molecule has 2 fully saturated rings. The summed E-state index contributed by atoms with van der Waals surface area (Å²) in [4.78, 5) is 36.5. The number of rotatable bonds is 3. The Balaban J connectivity index is 1.53. The molecule has 0 radical (unpaired) electrons. The SMILES string of the molecule is C[C@@H]1CN(c2cnc(CC3CCN(C(=O)C(C)(C)C)CC3)cn2)C(=O)O1. The molecule has 1 aromatic rings. The normalized spacial score (nSPS) is 21.8. The molecular weight excluding hydrogens is 332 g/mol. The number of cyclic esters (lactones) is 1. The van der Waals surface area contributed by atoms with E-state index in [1.54, 1.807) is 12.4 Å². The molecule has 1 aromatic heterocycles. The number of nitrogens with zero attached hydrogens (tertiary/aromatic N) is 4. The van der Waals surface area contributed by atoms with Crippen LogP contribution in [0.2, 0.25) is 0 Å². The van der Waals surface area contributed by atoms with Crippen LogP contribution < -0.4 is 4.90 Å². The molecule has 2 saturated heterocycles. The summed E-state index contributed by atoms with van der Waals surface area (Å²) < 4.78 is 5.12. The minimum atomic E-state index is -0.365. The molecular formula is C19H28N4O3. The molecule has 0 spiro atoms. The van der Waals surface area contributed by atoms with Gasteiger partial charge in [-0.25, -0.2) is 9.78 Å². The van der Waals surface area contributed by atoms with E-state index in [1.807, 2.05) is 32.6 Å². The summed E-state index contributed by atoms with van der Waals surface area (Å²) >= 11 is 0. The summed E-state index contributed by atoms with van der Waals surface area (Å²) in [6, 6.07) is 0. The van der Waals surface area contributed by atoms with Crippen LogP contribution in [0.4, 0.5) is 10.6 Å². The lowest BCUT2D eigenvalue weighted by atomic mass is 9.89. The van der Waals surface area contributed by atoms with E-state index >= 15 is 0 Å². The summed E-state index contributed by atoms with van der Waals surface area (Å²) in [5.41, 5.74) is 0.609. The van der Waals surface area contributed by atoms with Crippen molar-refractivity contribution in [3.05, 3.63) is 18.1 Å². The van der Waals surface area contributed by atoms with Crippen molar-refractivity contribution in [1.82, 2.24) is 14.9 Å². The van der Waals surface area contributed by atoms with Crippen molar-refractivity contribution in [1.29, 1.82) is 0 Å². The first-order chi connectivity index (χ1) is 12.2. The molecule has 142 valence electrons. The highest BCUT2D eigenvalue weighted by Gasteiger charge is 2.31. The average Bonchev–Trinajstić information content (AvgIpc) is 2.93. The van der Waals surface area contributed by atoms with Crippen molar-refractivity contribution in [2.75, 3.05) is 24.5 Å². The van der Waals surface area contributed by atoms with Crippen LogP contribution in [0, 0.1) is 11.3 Å². The van der Waals surface area contributed by atoms with Gasteiger partial charge in [0.05, 0.1) is 24.6 Å². The highest BCUT2D eigenvalue weighted by molar-refractivity contribution is 5.88. The van der Waals surface area contributed by atoms with Gasteiger partial charge in [-0.3, -0.25) is 14.7 Å². The predicted octanol–water partition coefficient (Wildman–Crippen LogP) is 2.65. The second-order valence-corrected chi connectivity index (χ2v) is 8.36. The van der Waals surface area contributed by atoms with Crippen LogP contribution in [0.5, 0.6) is 0 Å². The van der Waals surface area contributed by atoms with Gasteiger partial charge in [-0.2, -0.15) is 0 Å². The standard InChI is InChI=1S/C19H28N4O3/c1-13-12-23(18(25)26-13)16-11-20-15(10-21-16)9-14-5-7-22(8-6-14)17(24)19(2,3)4/h10-11,13-14H,5-9,12H2,1-4H3/t13-/m1/s1. The van der Waals surface area contributed by atoms with Crippen LogP contribution in [0.15, 0.2) is 12.4 Å². The zero-order valence-corrected chi connectivity index (χ0v) is 16.1. The molecule has 0 saturated carbocycles. The quantitative estimate of drug-likeness (QED) is 0.828. The predicted molar refractivity (Wildman–Crippen MR) is 97.8 cm³/mol. The van der Waals surface area contributed by atoms with Crippen LogP contribution in [0.25, 0.3) is 0 Å².